The Bertz CT molecular complexity index is 1340. The van der Waals surface area contributed by atoms with Crippen LogP contribution in [0.5, 0.6) is 5.75 Å². The van der Waals surface area contributed by atoms with E-state index < -0.39 is 0 Å². The van der Waals surface area contributed by atoms with Crippen LogP contribution in [0.25, 0.3) is 22.2 Å². The van der Waals surface area contributed by atoms with Gasteiger partial charge in [0, 0.05) is 44.3 Å². The minimum atomic E-state index is 0.0848. The number of carbonyl (C=O) groups excluding carboxylic acids is 1. The molecule has 0 aliphatic carbocycles. The van der Waals surface area contributed by atoms with Crippen molar-refractivity contribution in [3.8, 4) is 16.9 Å². The SMILES string of the molecule is COc1ccc(-c2ccnc3c2c(C)nn3CC(=O)N2CCN(Cc3ccccc3C)CC2)cc1. The molecule has 3 heterocycles. The molecule has 0 bridgehead atoms. The van der Waals surface area contributed by atoms with Crippen molar-refractivity contribution in [2.24, 2.45) is 0 Å². The molecule has 7 nitrogen and oxygen atoms in total. The summed E-state index contributed by atoms with van der Waals surface area (Å²) in [5.41, 5.74) is 6.39. The number of aromatic nitrogens is 3. The monoisotopic (exact) mass is 469 g/mol. The molecule has 2 aromatic heterocycles. The second-order valence-corrected chi connectivity index (χ2v) is 9.11. The van der Waals surface area contributed by atoms with E-state index in [0.717, 1.165) is 66.3 Å². The number of fused-ring (bicyclic) bond motifs is 1. The van der Waals surface area contributed by atoms with Gasteiger partial charge in [-0.1, -0.05) is 36.4 Å². The van der Waals surface area contributed by atoms with E-state index in [2.05, 4.69) is 41.1 Å². The fraction of sp³-hybridized carbons (Fsp3) is 0.321. The first-order valence-electron chi connectivity index (χ1n) is 12.0. The number of ether oxygens (including phenoxy) is 1. The molecule has 180 valence electrons. The van der Waals surface area contributed by atoms with Gasteiger partial charge in [0.1, 0.15) is 12.3 Å². The number of hydrogen-bond donors (Lipinski definition) is 0. The smallest absolute Gasteiger partial charge is 0.244 e. The van der Waals surface area contributed by atoms with E-state index >= 15 is 0 Å². The minimum absolute atomic E-state index is 0.0848. The predicted molar refractivity (Wildman–Crippen MR) is 137 cm³/mol. The maximum absolute atomic E-state index is 13.2. The molecule has 1 saturated heterocycles. The first-order valence-corrected chi connectivity index (χ1v) is 12.0. The summed E-state index contributed by atoms with van der Waals surface area (Å²) in [7, 11) is 1.66. The zero-order valence-corrected chi connectivity index (χ0v) is 20.6. The number of amides is 1. The van der Waals surface area contributed by atoms with Crippen molar-refractivity contribution in [3.05, 3.63) is 77.6 Å². The molecule has 35 heavy (non-hydrogen) atoms. The number of carbonyl (C=O) groups is 1. The molecule has 5 rings (SSSR count). The van der Waals surface area contributed by atoms with E-state index in [1.165, 1.54) is 11.1 Å². The van der Waals surface area contributed by atoms with Gasteiger partial charge in [0.15, 0.2) is 5.65 Å². The number of aryl methyl sites for hydroxylation is 2. The third-order valence-corrected chi connectivity index (χ3v) is 6.87. The lowest BCUT2D eigenvalue weighted by Gasteiger charge is -2.35. The fourth-order valence-electron chi connectivity index (χ4n) is 4.81. The van der Waals surface area contributed by atoms with Gasteiger partial charge < -0.3 is 9.64 Å². The molecular weight excluding hydrogens is 438 g/mol. The molecule has 0 N–H and O–H groups in total. The highest BCUT2D eigenvalue weighted by atomic mass is 16.5. The van der Waals surface area contributed by atoms with Crippen LogP contribution >= 0.6 is 0 Å². The van der Waals surface area contributed by atoms with Crippen LogP contribution in [0.2, 0.25) is 0 Å². The highest BCUT2D eigenvalue weighted by Gasteiger charge is 2.23. The highest BCUT2D eigenvalue weighted by molar-refractivity contribution is 5.95. The molecule has 0 spiro atoms. The van der Waals surface area contributed by atoms with Crippen molar-refractivity contribution in [2.75, 3.05) is 33.3 Å². The third kappa shape index (κ3) is 4.77. The van der Waals surface area contributed by atoms with Crippen molar-refractivity contribution in [2.45, 2.75) is 26.9 Å². The summed E-state index contributed by atoms with van der Waals surface area (Å²) in [4.78, 5) is 22.1. The van der Waals surface area contributed by atoms with Gasteiger partial charge in [-0.2, -0.15) is 5.10 Å². The Morgan fingerprint density at radius 2 is 1.71 bits per heavy atom. The summed E-state index contributed by atoms with van der Waals surface area (Å²) >= 11 is 0. The summed E-state index contributed by atoms with van der Waals surface area (Å²) in [5, 5.41) is 5.68. The molecule has 0 atom stereocenters. The van der Waals surface area contributed by atoms with E-state index in [1.807, 2.05) is 42.2 Å². The molecule has 0 radical (unpaired) electrons. The van der Waals surface area contributed by atoms with Gasteiger partial charge in [0.05, 0.1) is 12.8 Å². The average Bonchev–Trinajstić information content (AvgIpc) is 3.21. The van der Waals surface area contributed by atoms with Crippen LogP contribution < -0.4 is 4.74 Å². The largest absolute Gasteiger partial charge is 0.497 e. The summed E-state index contributed by atoms with van der Waals surface area (Å²) in [6.45, 7) is 8.46. The molecular formula is C28H31N5O2. The number of methoxy groups -OCH3 is 1. The second-order valence-electron chi connectivity index (χ2n) is 9.11. The van der Waals surface area contributed by atoms with Crippen LogP contribution in [0, 0.1) is 13.8 Å². The number of hydrogen-bond acceptors (Lipinski definition) is 5. The number of benzene rings is 2. The lowest BCUT2D eigenvalue weighted by molar-refractivity contribution is -0.133. The van der Waals surface area contributed by atoms with Gasteiger partial charge in [0.2, 0.25) is 5.91 Å². The van der Waals surface area contributed by atoms with Crippen LogP contribution in [0.4, 0.5) is 0 Å². The normalized spacial score (nSPS) is 14.4. The molecule has 0 saturated carbocycles. The lowest BCUT2D eigenvalue weighted by atomic mass is 10.0. The summed E-state index contributed by atoms with van der Waals surface area (Å²) in [6.07, 6.45) is 1.79. The number of rotatable bonds is 6. The van der Waals surface area contributed by atoms with Crippen LogP contribution in [0.15, 0.2) is 60.8 Å². The van der Waals surface area contributed by atoms with Gasteiger partial charge in [0.25, 0.3) is 0 Å². The molecule has 1 fully saturated rings. The molecule has 1 amide bonds. The predicted octanol–water partition coefficient (Wildman–Crippen LogP) is 4.07. The van der Waals surface area contributed by atoms with E-state index in [0.29, 0.717) is 0 Å². The van der Waals surface area contributed by atoms with Crippen molar-refractivity contribution in [3.63, 3.8) is 0 Å². The van der Waals surface area contributed by atoms with Crippen LogP contribution in [-0.2, 0) is 17.9 Å². The number of piperazine rings is 1. The molecule has 1 aliphatic rings. The molecule has 4 aromatic rings. The molecule has 2 aromatic carbocycles. The Morgan fingerprint density at radius 1 is 0.971 bits per heavy atom. The van der Waals surface area contributed by atoms with Gasteiger partial charge in [-0.3, -0.25) is 9.69 Å². The maximum Gasteiger partial charge on any atom is 0.244 e. The van der Waals surface area contributed by atoms with Gasteiger partial charge in [-0.25, -0.2) is 9.67 Å². The van der Waals surface area contributed by atoms with E-state index in [-0.39, 0.29) is 12.5 Å². The van der Waals surface area contributed by atoms with E-state index in [4.69, 9.17) is 9.84 Å². The summed E-state index contributed by atoms with van der Waals surface area (Å²) in [6, 6.07) is 18.5. The average molecular weight is 470 g/mol. The number of pyridine rings is 1. The summed E-state index contributed by atoms with van der Waals surface area (Å²) < 4.78 is 7.04. The zero-order valence-electron chi connectivity index (χ0n) is 20.6. The first kappa shape index (κ1) is 23.1. The Kier molecular flexibility index (Phi) is 6.51. The topological polar surface area (TPSA) is 63.5 Å². The Morgan fingerprint density at radius 3 is 2.43 bits per heavy atom. The Hall–Kier alpha value is -3.71. The van der Waals surface area contributed by atoms with Crippen LogP contribution in [0.3, 0.4) is 0 Å². The van der Waals surface area contributed by atoms with Crippen molar-refractivity contribution in [1.82, 2.24) is 24.6 Å². The van der Waals surface area contributed by atoms with Crippen molar-refractivity contribution >= 4 is 16.9 Å². The van der Waals surface area contributed by atoms with Crippen LogP contribution in [-0.4, -0.2) is 63.8 Å². The van der Waals surface area contributed by atoms with E-state index in [1.54, 1.807) is 18.0 Å². The molecule has 1 aliphatic heterocycles. The van der Waals surface area contributed by atoms with E-state index in [9.17, 15) is 4.79 Å². The summed E-state index contributed by atoms with van der Waals surface area (Å²) in [5.74, 6) is 0.901. The Balaban J connectivity index is 1.28. The second kappa shape index (κ2) is 9.88. The van der Waals surface area contributed by atoms with Gasteiger partial charge in [-0.15, -0.1) is 0 Å². The van der Waals surface area contributed by atoms with Gasteiger partial charge in [-0.05, 0) is 54.3 Å². The standard InChI is InChI=1S/C28H31N5O2/c1-20-6-4-5-7-23(20)18-31-14-16-32(17-15-31)26(34)19-33-28-27(21(2)30-33)25(12-13-29-28)22-8-10-24(35-3)11-9-22/h4-13H,14-19H2,1-3H3. The zero-order chi connectivity index (χ0) is 24.4. The fourth-order valence-corrected chi connectivity index (χ4v) is 4.81. The third-order valence-electron chi connectivity index (χ3n) is 6.87. The quantitative estimate of drug-likeness (QED) is 0.426. The van der Waals surface area contributed by atoms with Gasteiger partial charge >= 0.3 is 0 Å². The highest BCUT2D eigenvalue weighted by Crippen LogP contribution is 2.31. The number of nitrogens with zero attached hydrogens (tertiary/aromatic N) is 5. The van der Waals surface area contributed by atoms with Crippen molar-refractivity contribution in [1.29, 1.82) is 0 Å². The Labute approximate surface area is 205 Å². The maximum atomic E-state index is 13.2. The van der Waals surface area contributed by atoms with Crippen molar-refractivity contribution < 1.29 is 9.53 Å². The minimum Gasteiger partial charge on any atom is -0.497 e. The first-order chi connectivity index (χ1) is 17.0. The molecule has 0 unspecified atom stereocenters. The van der Waals surface area contributed by atoms with Crippen LogP contribution in [0.1, 0.15) is 16.8 Å². The lowest BCUT2D eigenvalue weighted by Crippen LogP contribution is -2.49. The molecule has 7 heteroatoms.